The number of rotatable bonds is 8. The predicted molar refractivity (Wildman–Crippen MR) is 108 cm³/mol. The Labute approximate surface area is 163 Å². The van der Waals surface area contributed by atoms with Gasteiger partial charge in [-0.15, -0.1) is 0 Å². The van der Waals surface area contributed by atoms with E-state index in [0.29, 0.717) is 24.8 Å². The number of hydrogen-bond acceptors (Lipinski definition) is 6. The van der Waals surface area contributed by atoms with Crippen LogP contribution in [-0.4, -0.2) is 34.9 Å². The van der Waals surface area contributed by atoms with Crippen LogP contribution < -0.4 is 21.3 Å². The van der Waals surface area contributed by atoms with Crippen LogP contribution in [-0.2, 0) is 9.59 Å². The first kappa shape index (κ1) is 18.2. The third kappa shape index (κ3) is 4.21. The molecule has 2 aromatic rings. The smallest absolute Gasteiger partial charge is 0.229 e. The number of carbonyl (C=O) groups excluding carboxylic acids is 2. The van der Waals surface area contributed by atoms with Crippen LogP contribution in [0.2, 0.25) is 0 Å². The van der Waals surface area contributed by atoms with Crippen molar-refractivity contribution < 1.29 is 9.59 Å². The number of primary amides is 1. The average Bonchev–Trinajstić information content (AvgIpc) is 3.42. The van der Waals surface area contributed by atoms with E-state index in [9.17, 15) is 9.59 Å². The molecule has 1 saturated carbocycles. The lowest BCUT2D eigenvalue weighted by molar-refractivity contribution is -0.118. The molecule has 0 bridgehead atoms. The number of nitrogens with one attached hydrogen (secondary N) is 2. The zero-order valence-corrected chi connectivity index (χ0v) is 15.6. The lowest BCUT2D eigenvalue weighted by Crippen LogP contribution is -2.23. The minimum Gasteiger partial charge on any atom is -0.370 e. The van der Waals surface area contributed by atoms with Crippen LogP contribution in [0.5, 0.6) is 0 Å². The Balaban J connectivity index is 1.51. The molecule has 146 valence electrons. The minimum absolute atomic E-state index is 0.156. The second-order valence-corrected chi connectivity index (χ2v) is 7.24. The van der Waals surface area contributed by atoms with Crippen LogP contribution >= 0.6 is 0 Å². The maximum Gasteiger partial charge on any atom is 0.229 e. The van der Waals surface area contributed by atoms with Crippen molar-refractivity contribution in [2.45, 2.75) is 38.0 Å². The summed E-state index contributed by atoms with van der Waals surface area (Å²) in [5.74, 6) is 1.50. The molecule has 1 saturated heterocycles. The van der Waals surface area contributed by atoms with Crippen molar-refractivity contribution in [3.63, 3.8) is 0 Å². The number of hydrogen-bond donors (Lipinski definition) is 3. The van der Waals surface area contributed by atoms with Crippen molar-refractivity contribution in [2.24, 2.45) is 5.73 Å². The van der Waals surface area contributed by atoms with Crippen LogP contribution in [0.4, 0.5) is 23.1 Å². The average molecular weight is 380 g/mol. The summed E-state index contributed by atoms with van der Waals surface area (Å²) in [6.07, 6.45) is 5.85. The minimum atomic E-state index is -0.346. The number of benzene rings is 1. The van der Waals surface area contributed by atoms with E-state index < -0.39 is 0 Å². The van der Waals surface area contributed by atoms with E-state index in [2.05, 4.69) is 20.6 Å². The molecule has 0 radical (unpaired) electrons. The Hall–Kier alpha value is -3.16. The molecule has 0 atom stereocenters. The Morgan fingerprint density at radius 3 is 2.89 bits per heavy atom. The molecule has 1 aromatic heterocycles. The first-order valence-electron chi connectivity index (χ1n) is 9.67. The maximum absolute atomic E-state index is 12.0. The largest absolute Gasteiger partial charge is 0.370 e. The normalized spacial score (nSPS) is 16.3. The van der Waals surface area contributed by atoms with E-state index in [1.165, 1.54) is 0 Å². The van der Waals surface area contributed by atoms with Gasteiger partial charge in [0.2, 0.25) is 17.8 Å². The van der Waals surface area contributed by atoms with Gasteiger partial charge in [0.15, 0.2) is 0 Å². The first-order valence-corrected chi connectivity index (χ1v) is 9.67. The fourth-order valence-electron chi connectivity index (χ4n) is 3.39. The number of carbonyl (C=O) groups is 2. The van der Waals surface area contributed by atoms with Crippen LogP contribution in [0.15, 0.2) is 30.5 Å². The van der Waals surface area contributed by atoms with E-state index >= 15 is 0 Å². The van der Waals surface area contributed by atoms with Gasteiger partial charge in [-0.2, -0.15) is 4.98 Å². The highest BCUT2D eigenvalue weighted by atomic mass is 16.2. The van der Waals surface area contributed by atoms with Gasteiger partial charge in [0.25, 0.3) is 0 Å². The number of nitrogens with zero attached hydrogens (tertiary/aromatic N) is 3. The van der Waals surface area contributed by atoms with Crippen LogP contribution in [0, 0.1) is 0 Å². The van der Waals surface area contributed by atoms with Crippen molar-refractivity contribution in [1.82, 2.24) is 9.97 Å². The van der Waals surface area contributed by atoms with E-state index in [-0.39, 0.29) is 18.2 Å². The highest BCUT2D eigenvalue weighted by Gasteiger charge is 2.27. The molecule has 2 heterocycles. The molecule has 8 heteroatoms. The molecule has 0 unspecified atom stereocenters. The molecule has 2 fully saturated rings. The summed E-state index contributed by atoms with van der Waals surface area (Å²) < 4.78 is 0. The van der Waals surface area contributed by atoms with Gasteiger partial charge in [0.05, 0.1) is 0 Å². The van der Waals surface area contributed by atoms with Gasteiger partial charge in [-0.1, -0.05) is 6.07 Å². The SMILES string of the molecule is NC(=O)CCNc1nc(Nc2cccc(N3CCCC3=O)c2)ncc1C1CC1. The molecule has 2 amide bonds. The Morgan fingerprint density at radius 2 is 2.18 bits per heavy atom. The van der Waals surface area contributed by atoms with Crippen LogP contribution in [0.3, 0.4) is 0 Å². The second kappa shape index (κ2) is 7.84. The van der Waals surface area contributed by atoms with Crippen molar-refractivity contribution in [1.29, 1.82) is 0 Å². The van der Waals surface area contributed by atoms with E-state index in [0.717, 1.165) is 48.6 Å². The molecule has 0 spiro atoms. The molecular formula is C20H24N6O2. The lowest BCUT2D eigenvalue weighted by atomic mass is 10.2. The van der Waals surface area contributed by atoms with Crippen LogP contribution in [0.1, 0.15) is 43.6 Å². The van der Waals surface area contributed by atoms with E-state index in [1.54, 1.807) is 4.90 Å². The monoisotopic (exact) mass is 380 g/mol. The molecule has 4 N–H and O–H groups in total. The van der Waals surface area contributed by atoms with Crippen molar-refractivity contribution in [3.05, 3.63) is 36.0 Å². The van der Waals surface area contributed by atoms with Gasteiger partial charge in [-0.3, -0.25) is 9.59 Å². The van der Waals surface area contributed by atoms with E-state index in [1.807, 2.05) is 30.5 Å². The summed E-state index contributed by atoms with van der Waals surface area (Å²) in [4.78, 5) is 33.8. The Bertz CT molecular complexity index is 896. The first-order chi connectivity index (χ1) is 13.6. The van der Waals surface area contributed by atoms with Gasteiger partial charge in [0.1, 0.15) is 5.82 Å². The van der Waals surface area contributed by atoms with Crippen molar-refractivity contribution in [3.8, 4) is 0 Å². The summed E-state index contributed by atoms with van der Waals surface area (Å²) in [5.41, 5.74) is 7.99. The zero-order chi connectivity index (χ0) is 19.5. The third-order valence-corrected chi connectivity index (χ3v) is 4.99. The van der Waals surface area contributed by atoms with Gasteiger partial charge < -0.3 is 21.3 Å². The predicted octanol–water partition coefficient (Wildman–Crippen LogP) is 2.51. The van der Waals surface area contributed by atoms with Gasteiger partial charge in [0, 0.05) is 49.1 Å². The summed E-state index contributed by atoms with van der Waals surface area (Å²) in [6.45, 7) is 1.20. The molecule has 2 aliphatic rings. The Kier molecular flexibility index (Phi) is 5.10. The number of aromatic nitrogens is 2. The summed E-state index contributed by atoms with van der Waals surface area (Å²) in [7, 11) is 0. The molecule has 1 aliphatic heterocycles. The standard InChI is InChI=1S/C20H24N6O2/c21-17(27)8-9-22-19-16(13-6-7-13)12-23-20(25-19)24-14-3-1-4-15(11-14)26-10-2-5-18(26)28/h1,3-4,11-13H,2,5-10H2,(H2,21,27)(H2,22,23,24,25). The van der Waals surface area contributed by atoms with Crippen molar-refractivity contribution in [2.75, 3.05) is 28.6 Å². The molecule has 8 nitrogen and oxygen atoms in total. The quantitative estimate of drug-likeness (QED) is 0.648. The molecule has 1 aromatic carbocycles. The van der Waals surface area contributed by atoms with Crippen molar-refractivity contribution >= 4 is 35.0 Å². The lowest BCUT2D eigenvalue weighted by Gasteiger charge is -2.17. The fraction of sp³-hybridized carbons (Fsp3) is 0.400. The fourth-order valence-corrected chi connectivity index (χ4v) is 3.39. The maximum atomic E-state index is 12.0. The second-order valence-electron chi connectivity index (χ2n) is 7.24. The number of anilines is 4. The summed E-state index contributed by atoms with van der Waals surface area (Å²) >= 11 is 0. The van der Waals surface area contributed by atoms with Gasteiger partial charge >= 0.3 is 0 Å². The third-order valence-electron chi connectivity index (χ3n) is 4.99. The summed E-state index contributed by atoms with van der Waals surface area (Å²) in [5, 5.41) is 6.43. The Morgan fingerprint density at radius 1 is 1.32 bits per heavy atom. The van der Waals surface area contributed by atoms with Gasteiger partial charge in [-0.25, -0.2) is 4.98 Å². The molecule has 28 heavy (non-hydrogen) atoms. The van der Waals surface area contributed by atoms with Crippen LogP contribution in [0.25, 0.3) is 0 Å². The van der Waals surface area contributed by atoms with E-state index in [4.69, 9.17) is 5.73 Å². The zero-order valence-electron chi connectivity index (χ0n) is 15.6. The van der Waals surface area contributed by atoms with Gasteiger partial charge in [-0.05, 0) is 43.4 Å². The number of nitrogens with two attached hydrogens (primary N) is 1. The highest BCUT2D eigenvalue weighted by molar-refractivity contribution is 5.95. The summed E-state index contributed by atoms with van der Waals surface area (Å²) in [6, 6.07) is 7.69. The molecular weight excluding hydrogens is 356 g/mol. The molecule has 4 rings (SSSR count). The molecule has 1 aliphatic carbocycles. The topological polar surface area (TPSA) is 113 Å². The highest BCUT2D eigenvalue weighted by Crippen LogP contribution is 2.42. The number of amides is 2.